The van der Waals surface area contributed by atoms with Crippen molar-refractivity contribution in [3.63, 3.8) is 0 Å². The van der Waals surface area contributed by atoms with Crippen LogP contribution in [-0.4, -0.2) is 54.1 Å². The number of amides is 1. The summed E-state index contributed by atoms with van der Waals surface area (Å²) < 4.78 is 6.89. The van der Waals surface area contributed by atoms with Crippen LogP contribution in [-0.2, 0) is 0 Å². The van der Waals surface area contributed by atoms with Gasteiger partial charge in [-0.05, 0) is 31.0 Å². The number of ether oxygens (including phenoxy) is 1. The molecule has 8 heteroatoms. The fourth-order valence-corrected chi connectivity index (χ4v) is 3.48. The van der Waals surface area contributed by atoms with E-state index in [1.807, 2.05) is 25.1 Å². The van der Waals surface area contributed by atoms with E-state index in [0.29, 0.717) is 35.4 Å². The van der Waals surface area contributed by atoms with Gasteiger partial charge in [-0.25, -0.2) is 9.97 Å². The van der Waals surface area contributed by atoms with Crippen molar-refractivity contribution in [2.75, 3.05) is 32.1 Å². The number of aromatic nitrogens is 2. The zero-order valence-corrected chi connectivity index (χ0v) is 17.0. The molecule has 2 heterocycles. The van der Waals surface area contributed by atoms with Gasteiger partial charge in [0, 0.05) is 37.5 Å². The lowest BCUT2D eigenvalue weighted by molar-refractivity contribution is 0.0528. The Hall–Kier alpha value is -1.86. The molecule has 1 unspecified atom stereocenters. The van der Waals surface area contributed by atoms with Crippen molar-refractivity contribution in [3.05, 3.63) is 45.7 Å². The molecule has 1 aromatic heterocycles. The number of hydrogen-bond acceptors (Lipinski definition) is 5. The predicted octanol–water partition coefficient (Wildman–Crippen LogP) is 3.64. The number of carbonyl (C=O) groups is 1. The van der Waals surface area contributed by atoms with Gasteiger partial charge in [0.2, 0.25) is 0 Å². The van der Waals surface area contributed by atoms with Gasteiger partial charge in [-0.15, -0.1) is 0 Å². The Balaban J connectivity index is 1.74. The highest BCUT2D eigenvalue weighted by Crippen LogP contribution is 2.26. The molecule has 1 atom stereocenters. The maximum atomic E-state index is 12.9. The summed E-state index contributed by atoms with van der Waals surface area (Å²) in [6.07, 6.45) is 4.83. The first kappa shape index (κ1) is 18.9. The van der Waals surface area contributed by atoms with E-state index in [9.17, 15) is 4.79 Å². The van der Waals surface area contributed by atoms with Crippen LogP contribution >= 0.6 is 27.5 Å². The second-order valence-corrected chi connectivity index (χ2v) is 7.66. The number of benzene rings is 1. The van der Waals surface area contributed by atoms with E-state index in [0.717, 1.165) is 17.3 Å². The lowest BCUT2D eigenvalue weighted by Gasteiger charge is -2.33. The third-order valence-corrected chi connectivity index (χ3v) is 5.00. The molecule has 0 aliphatic carbocycles. The smallest absolute Gasteiger partial charge is 0.257 e. The van der Waals surface area contributed by atoms with Crippen molar-refractivity contribution in [1.29, 1.82) is 0 Å². The molecule has 1 aliphatic heterocycles. The maximum Gasteiger partial charge on any atom is 0.257 e. The summed E-state index contributed by atoms with van der Waals surface area (Å²) in [6, 6.07) is 5.29. The quantitative estimate of drug-likeness (QED) is 0.728. The Morgan fingerprint density at radius 2 is 2.12 bits per heavy atom. The van der Waals surface area contributed by atoms with Gasteiger partial charge >= 0.3 is 0 Å². The van der Waals surface area contributed by atoms with Crippen molar-refractivity contribution >= 4 is 39.3 Å². The Labute approximate surface area is 166 Å². The lowest BCUT2D eigenvalue weighted by atomic mass is 10.1. The SMILES string of the molecule is CN(C)c1nccnc1OC1CCCN(C(=O)c2cc(Br)ccc2Cl)C1. The first-order chi connectivity index (χ1) is 12.5. The molecule has 0 radical (unpaired) electrons. The van der Waals surface area contributed by atoms with Gasteiger partial charge in [0.1, 0.15) is 6.10 Å². The van der Waals surface area contributed by atoms with E-state index >= 15 is 0 Å². The number of nitrogens with zero attached hydrogens (tertiary/aromatic N) is 4. The number of carbonyl (C=O) groups excluding carboxylic acids is 1. The molecule has 0 saturated carbocycles. The number of hydrogen-bond donors (Lipinski definition) is 0. The average Bonchev–Trinajstić information content (AvgIpc) is 2.63. The molecule has 26 heavy (non-hydrogen) atoms. The van der Waals surface area contributed by atoms with Crippen molar-refractivity contribution in [2.45, 2.75) is 18.9 Å². The fourth-order valence-electron chi connectivity index (χ4n) is 2.92. The zero-order valence-electron chi connectivity index (χ0n) is 14.7. The van der Waals surface area contributed by atoms with Gasteiger partial charge in [-0.1, -0.05) is 27.5 Å². The van der Waals surface area contributed by atoms with E-state index in [1.165, 1.54) is 0 Å². The lowest BCUT2D eigenvalue weighted by Crippen LogP contribution is -2.44. The van der Waals surface area contributed by atoms with Crippen molar-refractivity contribution in [1.82, 2.24) is 14.9 Å². The molecule has 1 aromatic carbocycles. The molecular formula is C18H20BrClN4O2. The summed E-state index contributed by atoms with van der Waals surface area (Å²) in [5, 5.41) is 0.449. The molecule has 1 aliphatic rings. The Morgan fingerprint density at radius 3 is 2.88 bits per heavy atom. The normalized spacial score (nSPS) is 17.1. The highest BCUT2D eigenvalue weighted by atomic mass is 79.9. The van der Waals surface area contributed by atoms with Gasteiger partial charge in [0.25, 0.3) is 11.8 Å². The minimum absolute atomic E-state index is 0.0865. The van der Waals surface area contributed by atoms with Crippen molar-refractivity contribution < 1.29 is 9.53 Å². The molecule has 1 amide bonds. The van der Waals surface area contributed by atoms with Crippen molar-refractivity contribution in [2.24, 2.45) is 0 Å². The number of anilines is 1. The van der Waals surface area contributed by atoms with Crippen LogP contribution in [0.1, 0.15) is 23.2 Å². The Bertz CT molecular complexity index is 803. The summed E-state index contributed by atoms with van der Waals surface area (Å²) in [7, 11) is 3.78. The molecular weight excluding hydrogens is 420 g/mol. The third-order valence-electron chi connectivity index (χ3n) is 4.17. The zero-order chi connectivity index (χ0) is 18.7. The van der Waals surface area contributed by atoms with Crippen LogP contribution in [0.5, 0.6) is 5.88 Å². The molecule has 0 bridgehead atoms. The summed E-state index contributed by atoms with van der Waals surface area (Å²) in [5.41, 5.74) is 0.496. The van der Waals surface area contributed by atoms with Crippen molar-refractivity contribution in [3.8, 4) is 5.88 Å². The first-order valence-electron chi connectivity index (χ1n) is 8.35. The van der Waals surface area contributed by atoms with Crippen LogP contribution in [0.25, 0.3) is 0 Å². The van der Waals surface area contributed by atoms with E-state index in [-0.39, 0.29) is 12.0 Å². The molecule has 1 fully saturated rings. The molecule has 0 spiro atoms. The minimum Gasteiger partial charge on any atom is -0.470 e. The van der Waals surface area contributed by atoms with Gasteiger partial charge < -0.3 is 14.5 Å². The molecule has 3 rings (SSSR count). The molecule has 2 aromatic rings. The Kier molecular flexibility index (Phi) is 5.98. The topological polar surface area (TPSA) is 58.6 Å². The number of rotatable bonds is 4. The second-order valence-electron chi connectivity index (χ2n) is 6.34. The molecule has 1 saturated heterocycles. The van der Waals surface area contributed by atoms with E-state index < -0.39 is 0 Å². The standard InChI is InChI=1S/C18H20BrClN4O2/c1-23(2)16-17(22-8-7-21-16)26-13-4-3-9-24(11-13)18(25)14-10-12(19)5-6-15(14)20/h5-8,10,13H,3-4,9,11H2,1-2H3. The summed E-state index contributed by atoms with van der Waals surface area (Å²) in [6.45, 7) is 1.17. The van der Waals surface area contributed by atoms with E-state index in [4.69, 9.17) is 16.3 Å². The summed E-state index contributed by atoms with van der Waals surface area (Å²) >= 11 is 9.60. The highest BCUT2D eigenvalue weighted by molar-refractivity contribution is 9.10. The van der Waals surface area contributed by atoms with Crippen LogP contribution in [0.3, 0.4) is 0 Å². The van der Waals surface area contributed by atoms with Gasteiger partial charge in [-0.2, -0.15) is 0 Å². The Morgan fingerprint density at radius 1 is 1.35 bits per heavy atom. The van der Waals surface area contributed by atoms with Crippen LogP contribution in [0.15, 0.2) is 35.1 Å². The third kappa shape index (κ3) is 4.27. The minimum atomic E-state index is -0.131. The number of piperidine rings is 1. The molecule has 138 valence electrons. The highest BCUT2D eigenvalue weighted by Gasteiger charge is 2.28. The maximum absolute atomic E-state index is 12.9. The van der Waals surface area contributed by atoms with Gasteiger partial charge in [0.15, 0.2) is 5.82 Å². The predicted molar refractivity (Wildman–Crippen MR) is 105 cm³/mol. The van der Waals surface area contributed by atoms with Crippen LogP contribution < -0.4 is 9.64 Å². The van der Waals surface area contributed by atoms with Gasteiger partial charge in [0.05, 0.1) is 17.1 Å². The van der Waals surface area contributed by atoms with E-state index in [1.54, 1.807) is 29.4 Å². The molecule has 0 N–H and O–H groups in total. The average molecular weight is 440 g/mol. The monoisotopic (exact) mass is 438 g/mol. The van der Waals surface area contributed by atoms with E-state index in [2.05, 4.69) is 25.9 Å². The van der Waals surface area contributed by atoms with Gasteiger partial charge in [-0.3, -0.25) is 4.79 Å². The molecule has 6 nitrogen and oxygen atoms in total. The number of halogens is 2. The fraction of sp³-hybridized carbons (Fsp3) is 0.389. The second kappa shape index (κ2) is 8.22. The number of likely N-dealkylation sites (tertiary alicyclic amines) is 1. The van der Waals surface area contributed by atoms with Crippen LogP contribution in [0.2, 0.25) is 5.02 Å². The first-order valence-corrected chi connectivity index (χ1v) is 9.52. The summed E-state index contributed by atoms with van der Waals surface area (Å²) in [4.78, 5) is 25.1. The van der Waals surface area contributed by atoms with Crippen LogP contribution in [0, 0.1) is 0 Å². The summed E-state index contributed by atoms with van der Waals surface area (Å²) in [5.74, 6) is 1.07. The largest absolute Gasteiger partial charge is 0.470 e. The van der Waals surface area contributed by atoms with Crippen LogP contribution in [0.4, 0.5) is 5.82 Å².